The third-order valence-electron chi connectivity index (χ3n) is 4.60. The number of benzene rings is 1. The molecule has 0 N–H and O–H groups in total. The molecule has 1 atom stereocenters. The predicted molar refractivity (Wildman–Crippen MR) is 96.7 cm³/mol. The van der Waals surface area contributed by atoms with Gasteiger partial charge in [-0.25, -0.2) is 4.39 Å². The minimum atomic E-state index is -0.273. The summed E-state index contributed by atoms with van der Waals surface area (Å²) in [5.41, 5.74) is 0.825. The van der Waals surface area contributed by atoms with Gasteiger partial charge in [-0.15, -0.1) is 22.6 Å². The molecule has 0 saturated carbocycles. The van der Waals surface area contributed by atoms with E-state index >= 15 is 0 Å². The molecule has 136 valence electrons. The van der Waals surface area contributed by atoms with Gasteiger partial charge in [-0.05, 0) is 43.5 Å². The lowest BCUT2D eigenvalue weighted by Gasteiger charge is -2.34. The number of aromatic nitrogens is 3. The molecular formula is C17H23ClFN5O. The smallest absolute Gasteiger partial charge is 0.231 e. The van der Waals surface area contributed by atoms with Crippen molar-refractivity contribution in [2.24, 2.45) is 7.05 Å². The number of amides is 1. The fourth-order valence-corrected chi connectivity index (χ4v) is 3.27. The van der Waals surface area contributed by atoms with Crippen molar-refractivity contribution >= 4 is 29.9 Å². The van der Waals surface area contributed by atoms with E-state index in [0.29, 0.717) is 5.95 Å². The van der Waals surface area contributed by atoms with E-state index in [4.69, 9.17) is 0 Å². The summed E-state index contributed by atoms with van der Waals surface area (Å²) >= 11 is 0. The highest BCUT2D eigenvalue weighted by Crippen LogP contribution is 2.32. The van der Waals surface area contributed by atoms with E-state index in [0.717, 1.165) is 37.3 Å². The molecule has 1 aliphatic rings. The lowest BCUT2D eigenvalue weighted by Crippen LogP contribution is -2.38. The maximum atomic E-state index is 13.1. The van der Waals surface area contributed by atoms with Gasteiger partial charge in [-0.3, -0.25) is 9.36 Å². The molecule has 1 aromatic heterocycles. The van der Waals surface area contributed by atoms with Crippen LogP contribution in [0.3, 0.4) is 0 Å². The first kappa shape index (κ1) is 19.2. The van der Waals surface area contributed by atoms with E-state index < -0.39 is 0 Å². The molecule has 25 heavy (non-hydrogen) atoms. The van der Waals surface area contributed by atoms with Gasteiger partial charge in [0.25, 0.3) is 0 Å². The van der Waals surface area contributed by atoms with Crippen LogP contribution in [-0.4, -0.2) is 39.2 Å². The maximum Gasteiger partial charge on any atom is 0.231 e. The number of anilines is 2. The average Bonchev–Trinajstić information content (AvgIpc) is 2.96. The van der Waals surface area contributed by atoms with Crippen LogP contribution < -0.4 is 4.90 Å². The van der Waals surface area contributed by atoms with Crippen LogP contribution in [0.1, 0.15) is 38.1 Å². The SMILES string of the molecule is CC(=O)N1CCCCC1c1nnc(N(C)c2ccc(F)cc2)n1C.Cl. The molecule has 1 saturated heterocycles. The lowest BCUT2D eigenvalue weighted by atomic mass is 10.0. The van der Waals surface area contributed by atoms with Crippen LogP contribution in [0.15, 0.2) is 24.3 Å². The highest BCUT2D eigenvalue weighted by molar-refractivity contribution is 5.85. The molecule has 8 heteroatoms. The van der Waals surface area contributed by atoms with Gasteiger partial charge in [0.2, 0.25) is 11.9 Å². The summed E-state index contributed by atoms with van der Waals surface area (Å²) in [4.78, 5) is 15.6. The zero-order valence-corrected chi connectivity index (χ0v) is 15.5. The summed E-state index contributed by atoms with van der Waals surface area (Å²) < 4.78 is 15.0. The molecule has 2 aromatic rings. The normalized spacial score (nSPS) is 17.1. The van der Waals surface area contributed by atoms with Crippen LogP contribution in [0.5, 0.6) is 0 Å². The van der Waals surface area contributed by atoms with Crippen molar-refractivity contribution in [2.45, 2.75) is 32.2 Å². The Morgan fingerprint density at radius 1 is 1.24 bits per heavy atom. The molecule has 3 rings (SSSR count). The molecule has 0 bridgehead atoms. The first-order valence-electron chi connectivity index (χ1n) is 8.15. The van der Waals surface area contributed by atoms with Crippen LogP contribution in [0.4, 0.5) is 16.0 Å². The zero-order valence-electron chi connectivity index (χ0n) is 14.6. The zero-order chi connectivity index (χ0) is 17.3. The number of nitrogens with zero attached hydrogens (tertiary/aromatic N) is 5. The second-order valence-corrected chi connectivity index (χ2v) is 6.18. The fraction of sp³-hybridized carbons (Fsp3) is 0.471. The van der Waals surface area contributed by atoms with Crippen LogP contribution in [0, 0.1) is 5.82 Å². The molecule has 6 nitrogen and oxygen atoms in total. The van der Waals surface area contributed by atoms with Crippen LogP contribution in [-0.2, 0) is 11.8 Å². The number of carbonyl (C=O) groups excluding carboxylic acids is 1. The number of likely N-dealkylation sites (tertiary alicyclic amines) is 1. The summed E-state index contributed by atoms with van der Waals surface area (Å²) in [6, 6.07) is 6.20. The number of carbonyl (C=O) groups is 1. The molecule has 0 spiro atoms. The maximum absolute atomic E-state index is 13.1. The van der Waals surface area contributed by atoms with Crippen LogP contribution >= 0.6 is 12.4 Å². The summed E-state index contributed by atoms with van der Waals surface area (Å²) in [5.74, 6) is 1.24. The van der Waals surface area contributed by atoms with Gasteiger partial charge in [0.15, 0.2) is 5.82 Å². The number of hydrogen-bond donors (Lipinski definition) is 0. The quantitative estimate of drug-likeness (QED) is 0.835. The molecule has 1 aromatic carbocycles. The topological polar surface area (TPSA) is 54.3 Å². The van der Waals surface area contributed by atoms with Crippen molar-refractivity contribution in [3.8, 4) is 0 Å². The molecule has 0 radical (unpaired) electrons. The van der Waals surface area contributed by atoms with Crippen molar-refractivity contribution in [3.63, 3.8) is 0 Å². The van der Waals surface area contributed by atoms with E-state index in [2.05, 4.69) is 10.2 Å². The fourth-order valence-electron chi connectivity index (χ4n) is 3.27. The van der Waals surface area contributed by atoms with Gasteiger partial charge in [0.05, 0.1) is 6.04 Å². The number of halogens is 2. The van der Waals surface area contributed by atoms with E-state index in [9.17, 15) is 9.18 Å². The highest BCUT2D eigenvalue weighted by atomic mass is 35.5. The van der Waals surface area contributed by atoms with Gasteiger partial charge < -0.3 is 9.80 Å². The Bertz CT molecular complexity index is 733. The van der Waals surface area contributed by atoms with E-state index in [1.165, 1.54) is 12.1 Å². The molecular weight excluding hydrogens is 345 g/mol. The first-order chi connectivity index (χ1) is 11.5. The Hall–Kier alpha value is -2.15. The second kappa shape index (κ2) is 7.82. The monoisotopic (exact) mass is 367 g/mol. The standard InChI is InChI=1S/C17H22FN5O.ClH/c1-12(24)23-11-5-4-6-15(23)16-19-20-17(22(16)3)21(2)14-9-7-13(18)8-10-14;/h7-10,15H,4-6,11H2,1-3H3;1H. The highest BCUT2D eigenvalue weighted by Gasteiger charge is 2.30. The van der Waals surface area contributed by atoms with E-state index in [-0.39, 0.29) is 30.2 Å². The largest absolute Gasteiger partial charge is 0.333 e. The second-order valence-electron chi connectivity index (χ2n) is 6.18. The Balaban J connectivity index is 0.00000225. The van der Waals surface area contributed by atoms with Gasteiger partial charge in [0.1, 0.15) is 5.82 Å². The van der Waals surface area contributed by atoms with Gasteiger partial charge in [0, 0.05) is 33.3 Å². The third kappa shape index (κ3) is 3.76. The lowest BCUT2D eigenvalue weighted by molar-refractivity contribution is -0.132. The van der Waals surface area contributed by atoms with Gasteiger partial charge >= 0.3 is 0 Å². The third-order valence-corrected chi connectivity index (χ3v) is 4.60. The Morgan fingerprint density at radius 2 is 1.92 bits per heavy atom. The molecule has 1 aliphatic heterocycles. The molecule has 1 amide bonds. The first-order valence-corrected chi connectivity index (χ1v) is 8.15. The molecule has 1 fully saturated rings. The Labute approximate surface area is 153 Å². The minimum absolute atomic E-state index is 0. The summed E-state index contributed by atoms with van der Waals surface area (Å²) in [6.45, 7) is 2.36. The van der Waals surface area contributed by atoms with Gasteiger partial charge in [-0.2, -0.15) is 0 Å². The Kier molecular flexibility index (Phi) is 6.00. The summed E-state index contributed by atoms with van der Waals surface area (Å²) in [5, 5.41) is 8.63. The number of piperidine rings is 1. The van der Waals surface area contributed by atoms with E-state index in [1.54, 1.807) is 19.1 Å². The number of rotatable bonds is 3. The average molecular weight is 368 g/mol. The van der Waals surface area contributed by atoms with Crippen molar-refractivity contribution in [3.05, 3.63) is 35.9 Å². The van der Waals surface area contributed by atoms with Gasteiger partial charge in [-0.1, -0.05) is 0 Å². The predicted octanol–water partition coefficient (Wildman–Crippen LogP) is 3.22. The van der Waals surface area contributed by atoms with E-state index in [1.807, 2.05) is 28.5 Å². The number of hydrogen-bond acceptors (Lipinski definition) is 4. The summed E-state index contributed by atoms with van der Waals surface area (Å²) in [6.07, 6.45) is 2.99. The molecule has 1 unspecified atom stereocenters. The van der Waals surface area contributed by atoms with Crippen molar-refractivity contribution in [2.75, 3.05) is 18.5 Å². The summed E-state index contributed by atoms with van der Waals surface area (Å²) in [7, 11) is 3.77. The minimum Gasteiger partial charge on any atom is -0.333 e. The molecule has 0 aliphatic carbocycles. The van der Waals surface area contributed by atoms with Crippen LogP contribution in [0.25, 0.3) is 0 Å². The van der Waals surface area contributed by atoms with Crippen molar-refractivity contribution in [1.29, 1.82) is 0 Å². The van der Waals surface area contributed by atoms with Crippen LogP contribution in [0.2, 0.25) is 0 Å². The Morgan fingerprint density at radius 3 is 2.56 bits per heavy atom. The molecule has 2 heterocycles. The van der Waals surface area contributed by atoms with Crippen molar-refractivity contribution in [1.82, 2.24) is 19.7 Å². The van der Waals surface area contributed by atoms with Crippen molar-refractivity contribution < 1.29 is 9.18 Å².